The summed E-state index contributed by atoms with van der Waals surface area (Å²) in [7, 11) is 0. The lowest BCUT2D eigenvalue weighted by atomic mass is 9.98. The Labute approximate surface area is 83.0 Å². The molecule has 0 spiro atoms. The highest BCUT2D eigenvalue weighted by atomic mass is 16.3. The second kappa shape index (κ2) is 3.33. The van der Waals surface area contributed by atoms with E-state index in [1.165, 1.54) is 0 Å². The third kappa shape index (κ3) is 1.25. The first-order valence-electron chi connectivity index (χ1n) is 4.84. The van der Waals surface area contributed by atoms with Crippen molar-refractivity contribution in [2.24, 2.45) is 0 Å². The van der Waals surface area contributed by atoms with Crippen LogP contribution in [-0.2, 0) is 6.42 Å². The number of nitrogens with zero attached hydrogens (tertiary/aromatic N) is 1. The summed E-state index contributed by atoms with van der Waals surface area (Å²) in [5, 5.41) is 9.56. The largest absolute Gasteiger partial charge is 0.508 e. The molecule has 0 saturated heterocycles. The van der Waals surface area contributed by atoms with Crippen molar-refractivity contribution in [1.29, 1.82) is 0 Å². The van der Waals surface area contributed by atoms with E-state index in [9.17, 15) is 9.90 Å². The van der Waals surface area contributed by atoms with Gasteiger partial charge in [-0.3, -0.25) is 4.79 Å². The van der Waals surface area contributed by atoms with Gasteiger partial charge >= 0.3 is 0 Å². The number of hydrogen-bond acceptors (Lipinski definition) is 2. The molecule has 1 aliphatic rings. The molecular weight excluding hydrogens is 178 g/mol. The Morgan fingerprint density at radius 3 is 3.00 bits per heavy atom. The minimum absolute atomic E-state index is 0.0321. The van der Waals surface area contributed by atoms with Crippen LogP contribution in [-0.4, -0.2) is 29.0 Å². The van der Waals surface area contributed by atoms with E-state index >= 15 is 0 Å². The van der Waals surface area contributed by atoms with Crippen molar-refractivity contribution in [2.45, 2.75) is 13.3 Å². The minimum Gasteiger partial charge on any atom is -0.508 e. The van der Waals surface area contributed by atoms with E-state index in [0.717, 1.165) is 18.5 Å². The molecule has 0 aliphatic carbocycles. The molecule has 3 nitrogen and oxygen atoms in total. The van der Waals surface area contributed by atoms with Gasteiger partial charge in [0.25, 0.3) is 5.91 Å². The Bertz CT molecular complexity index is 374. The topological polar surface area (TPSA) is 40.5 Å². The number of carbonyl (C=O) groups excluding carboxylic acids is 1. The molecule has 0 unspecified atom stereocenters. The summed E-state index contributed by atoms with van der Waals surface area (Å²) in [4.78, 5) is 13.6. The van der Waals surface area contributed by atoms with E-state index in [4.69, 9.17) is 0 Å². The number of fused-ring (bicyclic) bond motifs is 1. The number of rotatable bonds is 1. The zero-order chi connectivity index (χ0) is 10.1. The van der Waals surface area contributed by atoms with Crippen molar-refractivity contribution in [3.8, 4) is 5.75 Å². The van der Waals surface area contributed by atoms with Gasteiger partial charge in [0, 0.05) is 24.2 Å². The Balaban J connectivity index is 2.46. The zero-order valence-electron chi connectivity index (χ0n) is 8.16. The van der Waals surface area contributed by atoms with Gasteiger partial charge in [0.05, 0.1) is 0 Å². The van der Waals surface area contributed by atoms with E-state index in [2.05, 4.69) is 0 Å². The summed E-state index contributed by atoms with van der Waals surface area (Å²) in [6.07, 6.45) is 0.752. The van der Waals surface area contributed by atoms with E-state index in [-0.39, 0.29) is 11.7 Å². The molecule has 2 rings (SSSR count). The van der Waals surface area contributed by atoms with E-state index in [0.29, 0.717) is 12.1 Å². The first kappa shape index (κ1) is 9.06. The maximum atomic E-state index is 11.8. The average molecular weight is 191 g/mol. The first-order chi connectivity index (χ1) is 6.74. The molecule has 0 aromatic heterocycles. The van der Waals surface area contributed by atoms with E-state index in [1.54, 1.807) is 23.1 Å². The van der Waals surface area contributed by atoms with Gasteiger partial charge in [0.15, 0.2) is 0 Å². The van der Waals surface area contributed by atoms with Gasteiger partial charge in [-0.05, 0) is 25.5 Å². The summed E-state index contributed by atoms with van der Waals surface area (Å²) in [5.74, 6) is 0.274. The van der Waals surface area contributed by atoms with Gasteiger partial charge in [-0.15, -0.1) is 0 Å². The normalized spacial score (nSPS) is 15.5. The smallest absolute Gasteiger partial charge is 0.254 e. The maximum Gasteiger partial charge on any atom is 0.254 e. The fourth-order valence-corrected chi connectivity index (χ4v) is 1.86. The summed E-state index contributed by atoms with van der Waals surface area (Å²) in [6, 6.07) is 5.12. The standard InChI is InChI=1S/C11H13NO2/c1-2-12-7-6-8-9(11(12)14)4-3-5-10(8)13/h3-5,13H,2,6-7H2,1H3. The van der Waals surface area contributed by atoms with Crippen molar-refractivity contribution in [2.75, 3.05) is 13.1 Å². The van der Waals surface area contributed by atoms with Gasteiger partial charge in [0.2, 0.25) is 0 Å². The van der Waals surface area contributed by atoms with Crippen LogP contribution < -0.4 is 0 Å². The number of phenols is 1. The molecule has 1 heterocycles. The van der Waals surface area contributed by atoms with Gasteiger partial charge in [-0.25, -0.2) is 0 Å². The van der Waals surface area contributed by atoms with Crippen LogP contribution in [0.15, 0.2) is 18.2 Å². The van der Waals surface area contributed by atoms with Crippen LogP contribution in [0.5, 0.6) is 5.75 Å². The number of carbonyl (C=O) groups is 1. The number of likely N-dealkylation sites (N-methyl/N-ethyl adjacent to an activating group) is 1. The molecule has 0 bridgehead atoms. The SMILES string of the molecule is CCN1CCc2c(O)cccc2C1=O. The summed E-state index contributed by atoms with van der Waals surface area (Å²) in [6.45, 7) is 3.40. The molecule has 1 N–H and O–H groups in total. The quantitative estimate of drug-likeness (QED) is 0.729. The molecule has 74 valence electrons. The minimum atomic E-state index is 0.0321. The van der Waals surface area contributed by atoms with Crippen molar-refractivity contribution < 1.29 is 9.90 Å². The molecule has 0 atom stereocenters. The van der Waals surface area contributed by atoms with Crippen molar-refractivity contribution >= 4 is 5.91 Å². The zero-order valence-corrected chi connectivity index (χ0v) is 8.16. The number of amides is 1. The van der Waals surface area contributed by atoms with Crippen molar-refractivity contribution in [3.63, 3.8) is 0 Å². The predicted octanol–water partition coefficient (Wildman–Crippen LogP) is 1.41. The lowest BCUT2D eigenvalue weighted by Gasteiger charge is -2.27. The van der Waals surface area contributed by atoms with Gasteiger partial charge in [-0.1, -0.05) is 6.07 Å². The van der Waals surface area contributed by atoms with Crippen LogP contribution in [0.25, 0.3) is 0 Å². The molecular formula is C11H13NO2. The summed E-state index contributed by atoms with van der Waals surface area (Å²) >= 11 is 0. The molecule has 1 aromatic rings. The molecule has 1 aliphatic heterocycles. The molecule has 0 saturated carbocycles. The van der Waals surface area contributed by atoms with Crippen molar-refractivity contribution in [3.05, 3.63) is 29.3 Å². The fraction of sp³-hybridized carbons (Fsp3) is 0.364. The number of phenolic OH excluding ortho intramolecular Hbond substituents is 1. The summed E-state index contributed by atoms with van der Waals surface area (Å²) < 4.78 is 0. The highest BCUT2D eigenvalue weighted by Gasteiger charge is 2.24. The number of aromatic hydroxyl groups is 1. The Morgan fingerprint density at radius 1 is 1.50 bits per heavy atom. The predicted molar refractivity (Wildman–Crippen MR) is 53.4 cm³/mol. The third-order valence-electron chi connectivity index (χ3n) is 2.68. The van der Waals surface area contributed by atoms with Gasteiger partial charge in [-0.2, -0.15) is 0 Å². The van der Waals surface area contributed by atoms with Crippen LogP contribution in [0.2, 0.25) is 0 Å². The second-order valence-electron chi connectivity index (χ2n) is 3.44. The van der Waals surface area contributed by atoms with Gasteiger partial charge in [0.1, 0.15) is 5.75 Å². The third-order valence-corrected chi connectivity index (χ3v) is 2.68. The molecule has 14 heavy (non-hydrogen) atoms. The second-order valence-corrected chi connectivity index (χ2v) is 3.44. The highest BCUT2D eigenvalue weighted by Crippen LogP contribution is 2.26. The fourth-order valence-electron chi connectivity index (χ4n) is 1.86. The van der Waals surface area contributed by atoms with Crippen LogP contribution in [0.4, 0.5) is 0 Å². The average Bonchev–Trinajstić information content (AvgIpc) is 2.20. The molecule has 1 aromatic carbocycles. The number of hydrogen-bond donors (Lipinski definition) is 1. The van der Waals surface area contributed by atoms with Crippen molar-refractivity contribution in [1.82, 2.24) is 4.90 Å². The Kier molecular flexibility index (Phi) is 2.15. The monoisotopic (exact) mass is 191 g/mol. The van der Waals surface area contributed by atoms with Gasteiger partial charge < -0.3 is 10.0 Å². The Morgan fingerprint density at radius 2 is 2.29 bits per heavy atom. The van der Waals surface area contributed by atoms with Crippen LogP contribution in [0.3, 0.4) is 0 Å². The van der Waals surface area contributed by atoms with Crippen LogP contribution in [0, 0.1) is 0 Å². The van der Waals surface area contributed by atoms with Crippen LogP contribution >= 0.6 is 0 Å². The number of benzene rings is 1. The summed E-state index contributed by atoms with van der Waals surface area (Å²) in [5.41, 5.74) is 1.44. The first-order valence-corrected chi connectivity index (χ1v) is 4.84. The maximum absolute atomic E-state index is 11.8. The van der Waals surface area contributed by atoms with E-state index in [1.807, 2.05) is 6.92 Å². The molecule has 0 radical (unpaired) electrons. The molecule has 0 fully saturated rings. The lowest BCUT2D eigenvalue weighted by molar-refractivity contribution is 0.0747. The molecule has 3 heteroatoms. The van der Waals surface area contributed by atoms with Crippen LogP contribution in [0.1, 0.15) is 22.8 Å². The molecule has 1 amide bonds. The highest BCUT2D eigenvalue weighted by molar-refractivity contribution is 5.97. The lowest BCUT2D eigenvalue weighted by Crippen LogP contribution is -2.37. The Hall–Kier alpha value is -1.51. The van der Waals surface area contributed by atoms with E-state index < -0.39 is 0 Å².